The molecule has 1 saturated carbocycles. The molecule has 1 spiro atoms. The summed E-state index contributed by atoms with van der Waals surface area (Å²) in [6.45, 7) is 4.10. The van der Waals surface area contributed by atoms with Gasteiger partial charge in [-0.1, -0.05) is 12.5 Å². The normalized spacial score (nSPS) is 22.0. The number of piperidine rings is 1. The van der Waals surface area contributed by atoms with Crippen molar-refractivity contribution in [2.75, 3.05) is 18.0 Å². The summed E-state index contributed by atoms with van der Waals surface area (Å²) in [5, 5.41) is 0. The van der Waals surface area contributed by atoms with Gasteiger partial charge in [-0.15, -0.1) is 0 Å². The minimum atomic E-state index is 0.356. The number of imidazole rings is 1. The largest absolute Gasteiger partial charge is 0.342 e. The van der Waals surface area contributed by atoms with Crippen molar-refractivity contribution in [1.29, 1.82) is 0 Å². The number of aryl methyl sites for hydroxylation is 1. The van der Waals surface area contributed by atoms with Crippen LogP contribution in [0.2, 0.25) is 0 Å². The Bertz CT molecular complexity index is 955. The zero-order chi connectivity index (χ0) is 18.4. The number of fused-ring (bicyclic) bond motifs is 1. The maximum atomic E-state index is 6.46. The summed E-state index contributed by atoms with van der Waals surface area (Å²) < 4.78 is 2.13. The molecule has 6 heteroatoms. The van der Waals surface area contributed by atoms with Gasteiger partial charge < -0.3 is 10.6 Å². The van der Waals surface area contributed by atoms with Crippen molar-refractivity contribution in [3.8, 4) is 11.1 Å². The lowest BCUT2D eigenvalue weighted by atomic mass is 9.74. The van der Waals surface area contributed by atoms with Gasteiger partial charge in [-0.2, -0.15) is 0 Å². The SMILES string of the molecule is Cc1nc(N2CCC3(CCC[C@H]3N)CC2)n2ccnc2c1-c1cccnc1. The van der Waals surface area contributed by atoms with Gasteiger partial charge in [0, 0.05) is 55.0 Å². The molecule has 4 heterocycles. The average molecular weight is 362 g/mol. The second kappa shape index (κ2) is 6.30. The zero-order valence-corrected chi connectivity index (χ0v) is 15.8. The van der Waals surface area contributed by atoms with E-state index in [4.69, 9.17) is 10.7 Å². The van der Waals surface area contributed by atoms with Crippen LogP contribution in [0.4, 0.5) is 5.95 Å². The summed E-state index contributed by atoms with van der Waals surface area (Å²) >= 11 is 0. The molecule has 0 amide bonds. The zero-order valence-electron chi connectivity index (χ0n) is 15.8. The molecule has 0 radical (unpaired) electrons. The molecule has 2 fully saturated rings. The minimum Gasteiger partial charge on any atom is -0.342 e. The number of hydrogen-bond acceptors (Lipinski definition) is 5. The van der Waals surface area contributed by atoms with E-state index in [0.29, 0.717) is 11.5 Å². The predicted octanol–water partition coefficient (Wildman–Crippen LogP) is 3.20. The highest BCUT2D eigenvalue weighted by atomic mass is 15.3. The fourth-order valence-corrected chi connectivity index (χ4v) is 5.08. The third kappa shape index (κ3) is 2.62. The maximum absolute atomic E-state index is 6.46. The van der Waals surface area contributed by atoms with Gasteiger partial charge in [-0.05, 0) is 44.1 Å². The average Bonchev–Trinajstić information content (AvgIpc) is 3.30. The van der Waals surface area contributed by atoms with E-state index in [1.807, 2.05) is 24.7 Å². The number of pyridine rings is 1. The van der Waals surface area contributed by atoms with Gasteiger partial charge >= 0.3 is 0 Å². The summed E-state index contributed by atoms with van der Waals surface area (Å²) in [4.78, 5) is 16.3. The van der Waals surface area contributed by atoms with Gasteiger partial charge in [0.25, 0.3) is 0 Å². The summed E-state index contributed by atoms with van der Waals surface area (Å²) in [5.74, 6) is 0.994. The van der Waals surface area contributed by atoms with Crippen LogP contribution in [0, 0.1) is 12.3 Å². The first-order valence-corrected chi connectivity index (χ1v) is 9.93. The molecular formula is C21H26N6. The van der Waals surface area contributed by atoms with E-state index in [9.17, 15) is 0 Å². The van der Waals surface area contributed by atoms with Gasteiger partial charge in [0.2, 0.25) is 5.95 Å². The predicted molar refractivity (Wildman–Crippen MR) is 107 cm³/mol. The number of nitrogens with zero attached hydrogens (tertiary/aromatic N) is 5. The van der Waals surface area contributed by atoms with Crippen LogP contribution < -0.4 is 10.6 Å². The molecule has 3 aromatic rings. The smallest absolute Gasteiger partial charge is 0.211 e. The van der Waals surface area contributed by atoms with Crippen LogP contribution in [0.1, 0.15) is 37.8 Å². The van der Waals surface area contributed by atoms with Crippen molar-refractivity contribution >= 4 is 11.6 Å². The van der Waals surface area contributed by atoms with Gasteiger partial charge in [0.1, 0.15) is 5.65 Å². The van der Waals surface area contributed by atoms with Gasteiger partial charge in [0.05, 0.1) is 5.69 Å². The molecule has 2 aliphatic rings. The van der Waals surface area contributed by atoms with Crippen molar-refractivity contribution in [3.05, 3.63) is 42.6 Å². The molecule has 1 atom stereocenters. The van der Waals surface area contributed by atoms with Crippen LogP contribution in [0.3, 0.4) is 0 Å². The first-order valence-electron chi connectivity index (χ1n) is 9.93. The molecular weight excluding hydrogens is 336 g/mol. The van der Waals surface area contributed by atoms with E-state index in [0.717, 1.165) is 54.3 Å². The first-order chi connectivity index (χ1) is 13.2. The Balaban J connectivity index is 1.52. The topological polar surface area (TPSA) is 72.3 Å². The van der Waals surface area contributed by atoms with Crippen molar-refractivity contribution in [2.45, 2.75) is 45.1 Å². The van der Waals surface area contributed by atoms with Crippen LogP contribution in [0.15, 0.2) is 36.9 Å². The molecule has 5 rings (SSSR count). The molecule has 1 saturated heterocycles. The van der Waals surface area contributed by atoms with Gasteiger partial charge in [-0.3, -0.25) is 9.38 Å². The summed E-state index contributed by atoms with van der Waals surface area (Å²) in [5.41, 5.74) is 10.9. The lowest BCUT2D eigenvalue weighted by molar-refractivity contribution is 0.197. The van der Waals surface area contributed by atoms with E-state index in [2.05, 4.69) is 32.3 Å². The Labute approximate surface area is 159 Å². The molecule has 3 aromatic heterocycles. The summed E-state index contributed by atoms with van der Waals surface area (Å²) in [6.07, 6.45) is 13.6. The van der Waals surface area contributed by atoms with Crippen molar-refractivity contribution in [2.24, 2.45) is 11.1 Å². The number of aromatic nitrogens is 4. The van der Waals surface area contributed by atoms with Crippen molar-refractivity contribution in [1.82, 2.24) is 19.4 Å². The number of rotatable bonds is 2. The Hall–Kier alpha value is -2.47. The number of anilines is 1. The van der Waals surface area contributed by atoms with Crippen molar-refractivity contribution < 1.29 is 0 Å². The monoisotopic (exact) mass is 362 g/mol. The second-order valence-electron chi connectivity index (χ2n) is 8.08. The Morgan fingerprint density at radius 1 is 1.19 bits per heavy atom. The van der Waals surface area contributed by atoms with E-state index >= 15 is 0 Å². The molecule has 0 unspecified atom stereocenters. The first kappa shape index (κ1) is 16.7. The van der Waals surface area contributed by atoms with Crippen LogP contribution in [0.25, 0.3) is 16.8 Å². The molecule has 0 aromatic carbocycles. The summed E-state index contributed by atoms with van der Waals surface area (Å²) in [7, 11) is 0. The van der Waals surface area contributed by atoms with Gasteiger partial charge in [-0.25, -0.2) is 9.97 Å². The van der Waals surface area contributed by atoms with E-state index in [-0.39, 0.29) is 0 Å². The minimum absolute atomic E-state index is 0.356. The highest BCUT2D eigenvalue weighted by Gasteiger charge is 2.43. The van der Waals surface area contributed by atoms with Crippen LogP contribution in [-0.2, 0) is 0 Å². The highest BCUT2D eigenvalue weighted by Crippen LogP contribution is 2.46. The molecule has 0 bridgehead atoms. The Kier molecular flexibility index (Phi) is 3.90. The maximum Gasteiger partial charge on any atom is 0.211 e. The molecule has 1 aliphatic heterocycles. The quantitative estimate of drug-likeness (QED) is 0.758. The van der Waals surface area contributed by atoms with Crippen LogP contribution >= 0.6 is 0 Å². The van der Waals surface area contributed by atoms with Crippen molar-refractivity contribution in [3.63, 3.8) is 0 Å². The second-order valence-corrected chi connectivity index (χ2v) is 8.08. The molecule has 2 N–H and O–H groups in total. The van der Waals surface area contributed by atoms with E-state index in [1.165, 1.54) is 19.3 Å². The van der Waals surface area contributed by atoms with Crippen LogP contribution in [-0.4, -0.2) is 38.5 Å². The number of hydrogen-bond donors (Lipinski definition) is 1. The Morgan fingerprint density at radius 2 is 2.04 bits per heavy atom. The third-order valence-electron chi connectivity index (χ3n) is 6.68. The Morgan fingerprint density at radius 3 is 2.74 bits per heavy atom. The van der Waals surface area contributed by atoms with E-state index < -0.39 is 0 Å². The lowest BCUT2D eigenvalue weighted by Gasteiger charge is -2.42. The number of nitrogens with two attached hydrogens (primary N) is 1. The molecule has 6 nitrogen and oxygen atoms in total. The van der Waals surface area contributed by atoms with E-state index in [1.54, 1.807) is 6.20 Å². The van der Waals surface area contributed by atoms with Crippen LogP contribution in [0.5, 0.6) is 0 Å². The molecule has 27 heavy (non-hydrogen) atoms. The highest BCUT2D eigenvalue weighted by molar-refractivity contribution is 5.80. The molecule has 140 valence electrons. The van der Waals surface area contributed by atoms with Gasteiger partial charge in [0.15, 0.2) is 0 Å². The fourth-order valence-electron chi connectivity index (χ4n) is 5.08. The molecule has 1 aliphatic carbocycles. The standard InChI is InChI=1S/C21H26N6/c1-15-18(16-4-3-9-23-14-16)19-24-10-13-27(19)20(25-15)26-11-7-21(8-12-26)6-2-5-17(21)22/h3-4,9-10,13-14,17H,2,5-8,11-12,22H2,1H3/t17-/m1/s1. The summed E-state index contributed by atoms with van der Waals surface area (Å²) in [6, 6.07) is 4.39. The third-order valence-corrected chi connectivity index (χ3v) is 6.68. The fraction of sp³-hybridized carbons (Fsp3) is 0.476. The lowest BCUT2D eigenvalue weighted by Crippen LogP contribution is -2.47.